The lowest BCUT2D eigenvalue weighted by atomic mass is 10.0. The molecule has 0 radical (unpaired) electrons. The highest BCUT2D eigenvalue weighted by Crippen LogP contribution is 2.30. The smallest absolute Gasteiger partial charge is 0.262 e. The molecule has 0 spiro atoms. The summed E-state index contributed by atoms with van der Waals surface area (Å²) < 4.78 is 16.5. The van der Waals surface area contributed by atoms with Crippen molar-refractivity contribution in [1.82, 2.24) is 10.2 Å². The Morgan fingerprint density at radius 3 is 2.55 bits per heavy atom. The molecule has 0 saturated carbocycles. The number of carbonyl (C=O) groups excluding carboxylic acids is 4. The summed E-state index contributed by atoms with van der Waals surface area (Å²) in [6, 6.07) is 3.74. The van der Waals surface area contributed by atoms with Crippen molar-refractivity contribution in [2.24, 2.45) is 0 Å². The molecule has 2 saturated heterocycles. The first kappa shape index (κ1) is 19.5. The topological polar surface area (TPSA) is 111 Å². The van der Waals surface area contributed by atoms with Crippen molar-refractivity contribution in [3.8, 4) is 5.75 Å². The quantitative estimate of drug-likeness (QED) is 0.535. The number of amides is 4. The Morgan fingerprint density at radius 1 is 1.03 bits per heavy atom. The second-order valence-electron chi connectivity index (χ2n) is 7.17. The number of rotatable bonds is 7. The molecule has 0 aromatic heterocycles. The van der Waals surface area contributed by atoms with Crippen LogP contribution in [0, 0.1) is 0 Å². The number of piperidine rings is 1. The van der Waals surface area contributed by atoms with Crippen LogP contribution < -0.4 is 10.1 Å². The van der Waals surface area contributed by atoms with E-state index in [4.69, 9.17) is 14.2 Å². The minimum absolute atomic E-state index is 0.0924. The maximum atomic E-state index is 12.8. The van der Waals surface area contributed by atoms with Crippen molar-refractivity contribution in [3.05, 3.63) is 29.3 Å². The molecule has 1 unspecified atom stereocenters. The fourth-order valence-corrected chi connectivity index (χ4v) is 3.72. The number of carbonyl (C=O) groups is 4. The second-order valence-corrected chi connectivity index (χ2v) is 7.17. The summed E-state index contributed by atoms with van der Waals surface area (Å²) in [6.07, 6.45) is 2.59. The van der Waals surface area contributed by atoms with Gasteiger partial charge >= 0.3 is 0 Å². The fraction of sp³-hybridized carbons (Fsp3) is 0.500. The molecule has 3 heterocycles. The van der Waals surface area contributed by atoms with Crippen LogP contribution in [0.5, 0.6) is 5.75 Å². The number of fused-ring (bicyclic) bond motifs is 1. The molecule has 9 heteroatoms. The van der Waals surface area contributed by atoms with E-state index in [2.05, 4.69) is 5.32 Å². The van der Waals surface area contributed by atoms with E-state index in [0.29, 0.717) is 25.6 Å². The molecule has 3 aliphatic rings. The Balaban J connectivity index is 1.35. The van der Waals surface area contributed by atoms with E-state index in [1.54, 1.807) is 6.07 Å². The Kier molecular flexibility index (Phi) is 5.59. The third kappa shape index (κ3) is 4.01. The van der Waals surface area contributed by atoms with Gasteiger partial charge in [0.2, 0.25) is 11.8 Å². The van der Waals surface area contributed by atoms with Gasteiger partial charge in [-0.3, -0.25) is 29.4 Å². The predicted octanol–water partition coefficient (Wildman–Crippen LogP) is 1.01. The van der Waals surface area contributed by atoms with Gasteiger partial charge in [-0.2, -0.15) is 0 Å². The van der Waals surface area contributed by atoms with Crippen molar-refractivity contribution in [3.63, 3.8) is 0 Å². The summed E-state index contributed by atoms with van der Waals surface area (Å²) in [4.78, 5) is 49.8. The number of imide groups is 2. The molecule has 29 heavy (non-hydrogen) atoms. The lowest BCUT2D eigenvalue weighted by Crippen LogP contribution is -2.54. The standard InChI is InChI=1S/C20H22N2O7/c23-16-7-6-15(18(24)21-16)22-19(25)13-5-4-12(11-14(13)20(22)26)27-8-2-1-3-17-28-9-10-29-17/h4-5,11,15,17H,1-3,6-10H2,(H,21,23,24). The van der Waals surface area contributed by atoms with Gasteiger partial charge in [0.1, 0.15) is 11.8 Å². The van der Waals surface area contributed by atoms with Crippen molar-refractivity contribution >= 4 is 23.6 Å². The zero-order chi connectivity index (χ0) is 20.4. The van der Waals surface area contributed by atoms with E-state index in [9.17, 15) is 19.2 Å². The van der Waals surface area contributed by atoms with E-state index < -0.39 is 29.7 Å². The fourth-order valence-electron chi connectivity index (χ4n) is 3.72. The Hall–Kier alpha value is -2.78. The van der Waals surface area contributed by atoms with Crippen LogP contribution in [0.15, 0.2) is 18.2 Å². The number of nitrogens with one attached hydrogen (secondary N) is 1. The molecule has 4 rings (SSSR count). The van der Waals surface area contributed by atoms with Crippen LogP contribution in [0.3, 0.4) is 0 Å². The minimum atomic E-state index is -0.968. The van der Waals surface area contributed by atoms with Gasteiger partial charge in [-0.25, -0.2) is 0 Å². The third-order valence-electron chi connectivity index (χ3n) is 5.20. The van der Waals surface area contributed by atoms with E-state index in [1.807, 2.05) is 0 Å². The summed E-state index contributed by atoms with van der Waals surface area (Å²) in [7, 11) is 0. The molecule has 9 nitrogen and oxygen atoms in total. The number of unbranched alkanes of at least 4 members (excludes halogenated alkanes) is 1. The lowest BCUT2D eigenvalue weighted by Gasteiger charge is -2.27. The van der Waals surface area contributed by atoms with Gasteiger partial charge in [-0.1, -0.05) is 0 Å². The molecule has 2 fully saturated rings. The molecule has 1 N–H and O–H groups in total. The largest absolute Gasteiger partial charge is 0.494 e. The lowest BCUT2D eigenvalue weighted by molar-refractivity contribution is -0.136. The van der Waals surface area contributed by atoms with Gasteiger partial charge in [-0.15, -0.1) is 0 Å². The van der Waals surface area contributed by atoms with Gasteiger partial charge in [0.25, 0.3) is 11.8 Å². The van der Waals surface area contributed by atoms with Gasteiger partial charge in [0.05, 0.1) is 30.9 Å². The Labute approximate surface area is 167 Å². The summed E-state index contributed by atoms with van der Waals surface area (Å²) in [5, 5.41) is 2.18. The summed E-state index contributed by atoms with van der Waals surface area (Å²) >= 11 is 0. The predicted molar refractivity (Wildman–Crippen MR) is 98.2 cm³/mol. The van der Waals surface area contributed by atoms with Crippen molar-refractivity contribution in [1.29, 1.82) is 0 Å². The van der Waals surface area contributed by atoms with Crippen LogP contribution in [0.1, 0.15) is 52.8 Å². The van der Waals surface area contributed by atoms with Crippen LogP contribution in [0.4, 0.5) is 0 Å². The van der Waals surface area contributed by atoms with E-state index >= 15 is 0 Å². The molecule has 154 valence electrons. The number of hydrogen-bond donors (Lipinski definition) is 1. The van der Waals surface area contributed by atoms with E-state index in [-0.39, 0.29) is 30.3 Å². The first-order valence-corrected chi connectivity index (χ1v) is 9.76. The molecular formula is C20H22N2O7. The maximum absolute atomic E-state index is 12.8. The minimum Gasteiger partial charge on any atom is -0.494 e. The van der Waals surface area contributed by atoms with Crippen molar-refractivity contribution < 1.29 is 33.4 Å². The Bertz CT molecular complexity index is 847. The number of hydrogen-bond acceptors (Lipinski definition) is 7. The van der Waals surface area contributed by atoms with Crippen LogP contribution in [-0.2, 0) is 19.1 Å². The van der Waals surface area contributed by atoms with Crippen LogP contribution >= 0.6 is 0 Å². The highest BCUT2D eigenvalue weighted by Gasteiger charge is 2.44. The highest BCUT2D eigenvalue weighted by atomic mass is 16.7. The van der Waals surface area contributed by atoms with Crippen molar-refractivity contribution in [2.75, 3.05) is 19.8 Å². The summed E-state index contributed by atoms with van der Waals surface area (Å²) in [5.74, 6) is -1.60. The molecule has 0 bridgehead atoms. The first-order valence-electron chi connectivity index (χ1n) is 9.76. The molecule has 0 aliphatic carbocycles. The molecule has 1 aromatic rings. The molecule has 3 aliphatic heterocycles. The number of ether oxygens (including phenoxy) is 3. The zero-order valence-electron chi connectivity index (χ0n) is 15.8. The van der Waals surface area contributed by atoms with Gasteiger partial charge < -0.3 is 14.2 Å². The average Bonchev–Trinajstić information content (AvgIpc) is 3.30. The summed E-state index contributed by atoms with van der Waals surface area (Å²) in [6.45, 7) is 1.74. The maximum Gasteiger partial charge on any atom is 0.262 e. The molecule has 1 aromatic carbocycles. The van der Waals surface area contributed by atoms with E-state index in [1.165, 1.54) is 12.1 Å². The molecule has 1 atom stereocenters. The number of benzene rings is 1. The van der Waals surface area contributed by atoms with Crippen LogP contribution in [-0.4, -0.2) is 60.7 Å². The monoisotopic (exact) mass is 402 g/mol. The Morgan fingerprint density at radius 2 is 1.79 bits per heavy atom. The van der Waals surface area contributed by atoms with E-state index in [0.717, 1.165) is 24.2 Å². The highest BCUT2D eigenvalue weighted by molar-refractivity contribution is 6.23. The van der Waals surface area contributed by atoms with Gasteiger partial charge in [-0.05, 0) is 43.9 Å². The van der Waals surface area contributed by atoms with Crippen LogP contribution in [0.25, 0.3) is 0 Å². The van der Waals surface area contributed by atoms with Crippen molar-refractivity contribution in [2.45, 2.75) is 44.4 Å². The van der Waals surface area contributed by atoms with Gasteiger partial charge in [0, 0.05) is 6.42 Å². The SMILES string of the molecule is O=C1CCC(N2C(=O)c3ccc(OCCCCC4OCCO4)cc3C2=O)C(=O)N1. The first-order chi connectivity index (χ1) is 14.0. The third-order valence-corrected chi connectivity index (χ3v) is 5.20. The normalized spacial score (nSPS) is 22.2. The average molecular weight is 402 g/mol. The number of nitrogens with zero attached hydrogens (tertiary/aromatic N) is 1. The molecule has 4 amide bonds. The second kappa shape index (κ2) is 8.30. The molecular weight excluding hydrogens is 380 g/mol. The van der Waals surface area contributed by atoms with Gasteiger partial charge in [0.15, 0.2) is 6.29 Å². The zero-order valence-corrected chi connectivity index (χ0v) is 15.8. The van der Waals surface area contributed by atoms with Crippen LogP contribution in [0.2, 0.25) is 0 Å². The summed E-state index contributed by atoms with van der Waals surface area (Å²) in [5.41, 5.74) is 0.451.